The Hall–Kier alpha value is -2.82. The summed E-state index contributed by atoms with van der Waals surface area (Å²) in [6.45, 7) is 0.590. The number of carboxylic acids is 1. The molecule has 0 spiro atoms. The molecule has 0 heterocycles. The number of unbranched alkanes of at least 4 members (excludes halogenated alkanes) is 2. The molecule has 0 saturated heterocycles. The molecule has 2 rings (SSSR count). The molecule has 24 heavy (non-hydrogen) atoms. The largest absolute Gasteiger partial charge is 0.494 e. The third-order valence-electron chi connectivity index (χ3n) is 3.69. The van der Waals surface area contributed by atoms with Gasteiger partial charge in [-0.25, -0.2) is 0 Å². The molecule has 0 unspecified atom stereocenters. The van der Waals surface area contributed by atoms with Crippen LogP contribution in [0.3, 0.4) is 0 Å². The van der Waals surface area contributed by atoms with E-state index in [1.807, 2.05) is 48.5 Å². The van der Waals surface area contributed by atoms with Gasteiger partial charge in [0.1, 0.15) is 11.6 Å². The summed E-state index contributed by atoms with van der Waals surface area (Å²) in [6.07, 6.45) is 2.61. The number of nitrogens with two attached hydrogens (primary N) is 1. The molecular weight excluding hydrogens is 304 g/mol. The van der Waals surface area contributed by atoms with E-state index in [9.17, 15) is 4.79 Å². The van der Waals surface area contributed by atoms with Crippen LogP contribution >= 0.6 is 0 Å². The highest BCUT2D eigenvalue weighted by Crippen LogP contribution is 2.23. The molecule has 0 aliphatic heterocycles. The van der Waals surface area contributed by atoms with Crippen molar-refractivity contribution in [1.82, 2.24) is 0 Å². The summed E-state index contributed by atoms with van der Waals surface area (Å²) in [7, 11) is 0. The fourth-order valence-corrected chi connectivity index (χ4v) is 2.33. The highest BCUT2D eigenvalue weighted by Gasteiger charge is 2.01. The van der Waals surface area contributed by atoms with Gasteiger partial charge < -0.3 is 15.6 Å². The summed E-state index contributed by atoms with van der Waals surface area (Å²) < 4.78 is 5.66. The molecule has 5 nitrogen and oxygen atoms in total. The minimum absolute atomic E-state index is 0.0636. The zero-order valence-corrected chi connectivity index (χ0v) is 13.5. The van der Waals surface area contributed by atoms with Crippen molar-refractivity contribution >= 4 is 11.8 Å². The maximum absolute atomic E-state index is 10.4. The van der Waals surface area contributed by atoms with Crippen LogP contribution < -0.4 is 10.5 Å². The van der Waals surface area contributed by atoms with Crippen molar-refractivity contribution in [2.24, 2.45) is 5.73 Å². The van der Waals surface area contributed by atoms with Gasteiger partial charge in [-0.05, 0) is 42.5 Å². The Balaban J connectivity index is 1.82. The van der Waals surface area contributed by atoms with Crippen LogP contribution in [0.4, 0.5) is 0 Å². The number of benzene rings is 2. The van der Waals surface area contributed by atoms with E-state index in [4.69, 9.17) is 21.0 Å². The first kappa shape index (κ1) is 17.5. The van der Waals surface area contributed by atoms with E-state index < -0.39 is 5.97 Å². The third kappa shape index (κ3) is 5.43. The topological polar surface area (TPSA) is 96.4 Å². The van der Waals surface area contributed by atoms with E-state index in [1.165, 1.54) is 0 Å². The summed E-state index contributed by atoms with van der Waals surface area (Å²) in [4.78, 5) is 10.4. The SMILES string of the molecule is N=C(N)c1ccc(-c2ccc(OCCCCCC(=O)O)cc2)cc1. The summed E-state index contributed by atoms with van der Waals surface area (Å²) in [6, 6.07) is 15.4. The number of nitrogen functional groups attached to an aromatic ring is 1. The summed E-state index contributed by atoms with van der Waals surface area (Å²) in [5.41, 5.74) is 8.29. The van der Waals surface area contributed by atoms with E-state index in [2.05, 4.69) is 0 Å². The van der Waals surface area contributed by atoms with Crippen molar-refractivity contribution in [3.05, 3.63) is 54.1 Å². The minimum atomic E-state index is -0.747. The lowest BCUT2D eigenvalue weighted by Gasteiger charge is -2.08. The van der Waals surface area contributed by atoms with Crippen LogP contribution in [0.15, 0.2) is 48.5 Å². The molecule has 5 heteroatoms. The molecule has 0 aromatic heterocycles. The first-order valence-corrected chi connectivity index (χ1v) is 7.96. The Kier molecular flexibility index (Phi) is 6.37. The lowest BCUT2D eigenvalue weighted by molar-refractivity contribution is -0.137. The van der Waals surface area contributed by atoms with Crippen molar-refractivity contribution in [2.45, 2.75) is 25.7 Å². The lowest BCUT2D eigenvalue weighted by Crippen LogP contribution is -2.10. The normalized spacial score (nSPS) is 10.3. The quantitative estimate of drug-likeness (QED) is 0.372. The maximum atomic E-state index is 10.4. The third-order valence-corrected chi connectivity index (χ3v) is 3.69. The van der Waals surface area contributed by atoms with Crippen molar-refractivity contribution in [3.63, 3.8) is 0 Å². The Morgan fingerprint density at radius 1 is 0.958 bits per heavy atom. The van der Waals surface area contributed by atoms with Crippen LogP contribution in [0.1, 0.15) is 31.2 Å². The summed E-state index contributed by atoms with van der Waals surface area (Å²) >= 11 is 0. The van der Waals surface area contributed by atoms with E-state index in [0.29, 0.717) is 18.6 Å². The number of nitrogens with one attached hydrogen (secondary N) is 1. The van der Waals surface area contributed by atoms with Crippen molar-refractivity contribution in [2.75, 3.05) is 6.61 Å². The van der Waals surface area contributed by atoms with Gasteiger partial charge in [0, 0.05) is 12.0 Å². The Labute approximate surface area is 141 Å². The predicted molar refractivity (Wildman–Crippen MR) is 94.5 cm³/mol. The second kappa shape index (κ2) is 8.72. The highest BCUT2D eigenvalue weighted by molar-refractivity contribution is 5.95. The number of aliphatic carboxylic acids is 1. The fourth-order valence-electron chi connectivity index (χ4n) is 2.33. The Morgan fingerprint density at radius 3 is 2.08 bits per heavy atom. The van der Waals surface area contributed by atoms with Crippen LogP contribution in [0.5, 0.6) is 5.75 Å². The number of carboxylic acid groups (broad SMARTS) is 1. The smallest absolute Gasteiger partial charge is 0.303 e. The molecule has 2 aromatic rings. The molecule has 0 fully saturated rings. The molecule has 2 aromatic carbocycles. The predicted octanol–water partition coefficient (Wildman–Crippen LogP) is 3.66. The molecule has 4 N–H and O–H groups in total. The van der Waals surface area contributed by atoms with E-state index in [0.717, 1.165) is 29.7 Å². The standard InChI is InChI=1S/C19H22N2O3/c20-19(21)16-7-5-14(6-8-16)15-9-11-17(12-10-15)24-13-3-1-2-4-18(22)23/h5-12H,1-4,13H2,(H3,20,21)(H,22,23). The zero-order valence-electron chi connectivity index (χ0n) is 13.5. The molecule has 0 saturated carbocycles. The maximum Gasteiger partial charge on any atom is 0.303 e. The van der Waals surface area contributed by atoms with Crippen molar-refractivity contribution < 1.29 is 14.6 Å². The first-order valence-electron chi connectivity index (χ1n) is 7.96. The monoisotopic (exact) mass is 326 g/mol. The molecule has 0 aliphatic carbocycles. The van der Waals surface area contributed by atoms with Gasteiger partial charge in [-0.3, -0.25) is 10.2 Å². The van der Waals surface area contributed by atoms with Gasteiger partial charge in [0.15, 0.2) is 0 Å². The average Bonchev–Trinajstić information content (AvgIpc) is 2.58. The van der Waals surface area contributed by atoms with Gasteiger partial charge in [0.05, 0.1) is 6.61 Å². The number of hydrogen-bond donors (Lipinski definition) is 3. The van der Waals surface area contributed by atoms with E-state index in [1.54, 1.807) is 0 Å². The van der Waals surface area contributed by atoms with Gasteiger partial charge in [-0.2, -0.15) is 0 Å². The molecular formula is C19H22N2O3. The second-order valence-electron chi connectivity index (χ2n) is 5.57. The second-order valence-corrected chi connectivity index (χ2v) is 5.57. The molecule has 0 bridgehead atoms. The van der Waals surface area contributed by atoms with E-state index >= 15 is 0 Å². The Bertz CT molecular complexity index is 679. The zero-order chi connectivity index (χ0) is 17.4. The lowest BCUT2D eigenvalue weighted by atomic mass is 10.0. The van der Waals surface area contributed by atoms with E-state index in [-0.39, 0.29) is 12.3 Å². The fraction of sp³-hybridized carbons (Fsp3) is 0.263. The van der Waals surface area contributed by atoms with Gasteiger partial charge in [0.2, 0.25) is 0 Å². The van der Waals surface area contributed by atoms with Gasteiger partial charge in [-0.15, -0.1) is 0 Å². The molecule has 0 radical (unpaired) electrons. The minimum Gasteiger partial charge on any atom is -0.494 e. The number of rotatable bonds is 9. The van der Waals surface area contributed by atoms with Crippen LogP contribution in [-0.2, 0) is 4.79 Å². The first-order chi connectivity index (χ1) is 11.6. The number of carbonyl (C=O) groups is 1. The molecule has 126 valence electrons. The molecule has 0 aliphatic rings. The number of ether oxygens (including phenoxy) is 1. The number of hydrogen-bond acceptors (Lipinski definition) is 3. The summed E-state index contributed by atoms with van der Waals surface area (Å²) in [5, 5.41) is 16.0. The van der Waals surface area contributed by atoms with Crippen LogP contribution in [-0.4, -0.2) is 23.5 Å². The highest BCUT2D eigenvalue weighted by atomic mass is 16.5. The molecule has 0 amide bonds. The number of amidine groups is 1. The van der Waals surface area contributed by atoms with Gasteiger partial charge in [-0.1, -0.05) is 36.4 Å². The van der Waals surface area contributed by atoms with Crippen molar-refractivity contribution in [1.29, 1.82) is 5.41 Å². The van der Waals surface area contributed by atoms with Crippen LogP contribution in [0.2, 0.25) is 0 Å². The van der Waals surface area contributed by atoms with Gasteiger partial charge >= 0.3 is 5.97 Å². The molecule has 0 atom stereocenters. The van der Waals surface area contributed by atoms with Gasteiger partial charge in [0.25, 0.3) is 0 Å². The van der Waals surface area contributed by atoms with Crippen molar-refractivity contribution in [3.8, 4) is 16.9 Å². The average molecular weight is 326 g/mol. The Morgan fingerprint density at radius 2 is 1.54 bits per heavy atom. The van der Waals surface area contributed by atoms with Crippen LogP contribution in [0.25, 0.3) is 11.1 Å². The van der Waals surface area contributed by atoms with Crippen LogP contribution in [0, 0.1) is 5.41 Å². The summed E-state index contributed by atoms with van der Waals surface area (Å²) in [5.74, 6) is 0.119.